The number of carbonyl (C=O) groups excluding carboxylic acids is 2. The Hall–Kier alpha value is -4.18. The number of H-pyrrole nitrogens is 1. The molecule has 0 aliphatic heterocycles. The van der Waals surface area contributed by atoms with Crippen molar-refractivity contribution in [1.29, 1.82) is 0 Å². The van der Waals surface area contributed by atoms with Crippen LogP contribution in [-0.2, 0) is 17.7 Å². The SMILES string of the molecule is CCCc1nc(C(C)CO)c(C(=O)OCC)n1Cc1ccc(-c2ccccc2C(=O)c2nnn[nH]2)cc1. The number of ether oxygens (including phenoxy) is 1. The monoisotopic (exact) mass is 502 g/mol. The fraction of sp³-hybridized carbons (Fsp3) is 0.333. The molecule has 1 atom stereocenters. The van der Waals surface area contributed by atoms with Gasteiger partial charge in [0.15, 0.2) is 5.69 Å². The van der Waals surface area contributed by atoms with Crippen LogP contribution in [0.15, 0.2) is 48.5 Å². The Balaban J connectivity index is 1.69. The number of tetrazole rings is 1. The third kappa shape index (κ3) is 5.49. The van der Waals surface area contributed by atoms with E-state index >= 15 is 0 Å². The molecule has 0 saturated carbocycles. The molecule has 0 bridgehead atoms. The summed E-state index contributed by atoms with van der Waals surface area (Å²) in [6.45, 7) is 6.21. The number of aliphatic hydroxyl groups excluding tert-OH is 1. The van der Waals surface area contributed by atoms with Gasteiger partial charge in [0.25, 0.3) is 0 Å². The normalized spacial score (nSPS) is 11.9. The van der Waals surface area contributed by atoms with Crippen LogP contribution in [0.25, 0.3) is 11.1 Å². The van der Waals surface area contributed by atoms with E-state index in [0.29, 0.717) is 29.9 Å². The molecule has 0 aliphatic carbocycles. The van der Waals surface area contributed by atoms with E-state index in [1.807, 2.05) is 47.9 Å². The number of nitrogens with one attached hydrogen (secondary N) is 1. The van der Waals surface area contributed by atoms with Gasteiger partial charge in [0.2, 0.25) is 11.6 Å². The van der Waals surface area contributed by atoms with E-state index in [-0.39, 0.29) is 30.7 Å². The number of benzene rings is 2. The molecular formula is C27H30N6O4. The van der Waals surface area contributed by atoms with Gasteiger partial charge < -0.3 is 14.4 Å². The van der Waals surface area contributed by atoms with Crippen molar-refractivity contribution in [3.8, 4) is 11.1 Å². The number of esters is 1. The summed E-state index contributed by atoms with van der Waals surface area (Å²) in [5.41, 5.74) is 4.00. The molecule has 2 heterocycles. The lowest BCUT2D eigenvalue weighted by molar-refractivity contribution is 0.0511. The molecule has 0 spiro atoms. The van der Waals surface area contributed by atoms with Crippen LogP contribution in [0.2, 0.25) is 0 Å². The standard InChI is InChI=1S/C27H30N6O4/c1-4-8-22-28-23(17(3)16-34)24(27(36)37-5-2)33(22)15-18-11-13-19(14-12-18)20-9-6-7-10-21(20)25(35)26-29-31-32-30-26/h6-7,9-14,17,34H,4-5,8,15-16H2,1-3H3,(H,29,30,31,32). The highest BCUT2D eigenvalue weighted by atomic mass is 16.5. The zero-order chi connectivity index (χ0) is 26.4. The van der Waals surface area contributed by atoms with Gasteiger partial charge in [-0.25, -0.2) is 14.9 Å². The predicted octanol–water partition coefficient (Wildman–Crippen LogP) is 3.57. The summed E-state index contributed by atoms with van der Waals surface area (Å²) >= 11 is 0. The van der Waals surface area contributed by atoms with Gasteiger partial charge in [-0.1, -0.05) is 62.4 Å². The van der Waals surface area contributed by atoms with Crippen LogP contribution in [0, 0.1) is 0 Å². The first kappa shape index (κ1) is 25.9. The van der Waals surface area contributed by atoms with Gasteiger partial charge >= 0.3 is 5.97 Å². The van der Waals surface area contributed by atoms with Crippen LogP contribution in [0.3, 0.4) is 0 Å². The predicted molar refractivity (Wildman–Crippen MR) is 136 cm³/mol. The smallest absolute Gasteiger partial charge is 0.356 e. The summed E-state index contributed by atoms with van der Waals surface area (Å²) < 4.78 is 7.24. The second-order valence-corrected chi connectivity index (χ2v) is 8.72. The van der Waals surface area contributed by atoms with Crippen molar-refractivity contribution >= 4 is 11.8 Å². The van der Waals surface area contributed by atoms with Gasteiger partial charge in [-0.2, -0.15) is 0 Å². The highest BCUT2D eigenvalue weighted by molar-refractivity contribution is 6.10. The Labute approximate surface area is 214 Å². The molecule has 0 aliphatic rings. The molecule has 10 heteroatoms. The molecule has 37 heavy (non-hydrogen) atoms. The lowest BCUT2D eigenvalue weighted by Gasteiger charge is -2.14. The Morgan fingerprint density at radius 2 is 1.86 bits per heavy atom. The number of aromatic nitrogens is 6. The van der Waals surface area contributed by atoms with E-state index < -0.39 is 5.97 Å². The number of aromatic amines is 1. The first-order valence-corrected chi connectivity index (χ1v) is 12.3. The first-order chi connectivity index (χ1) is 18.0. The van der Waals surface area contributed by atoms with E-state index in [1.165, 1.54) is 0 Å². The molecule has 0 saturated heterocycles. The van der Waals surface area contributed by atoms with E-state index in [0.717, 1.165) is 28.9 Å². The Morgan fingerprint density at radius 1 is 1.11 bits per heavy atom. The molecule has 0 amide bonds. The fourth-order valence-electron chi connectivity index (χ4n) is 4.24. The van der Waals surface area contributed by atoms with Crippen molar-refractivity contribution in [3.05, 3.63) is 82.7 Å². The highest BCUT2D eigenvalue weighted by Crippen LogP contribution is 2.27. The van der Waals surface area contributed by atoms with Crippen molar-refractivity contribution in [3.63, 3.8) is 0 Å². The number of imidazole rings is 1. The molecule has 192 valence electrons. The fourth-order valence-corrected chi connectivity index (χ4v) is 4.24. The summed E-state index contributed by atoms with van der Waals surface area (Å²) in [6.07, 6.45) is 1.55. The van der Waals surface area contributed by atoms with E-state index in [4.69, 9.17) is 9.72 Å². The van der Waals surface area contributed by atoms with Crippen LogP contribution in [0.4, 0.5) is 0 Å². The molecule has 1 unspecified atom stereocenters. The van der Waals surface area contributed by atoms with Crippen LogP contribution in [0.5, 0.6) is 0 Å². The molecule has 4 rings (SSSR count). The highest BCUT2D eigenvalue weighted by Gasteiger charge is 2.27. The van der Waals surface area contributed by atoms with Crippen LogP contribution in [0.1, 0.15) is 76.9 Å². The van der Waals surface area contributed by atoms with Crippen LogP contribution in [-0.4, -0.2) is 60.2 Å². The number of ketones is 1. The second-order valence-electron chi connectivity index (χ2n) is 8.72. The number of hydrogen-bond donors (Lipinski definition) is 2. The summed E-state index contributed by atoms with van der Waals surface area (Å²) in [6, 6.07) is 15.1. The maximum atomic E-state index is 12.9. The number of aliphatic hydroxyl groups is 1. The number of rotatable bonds is 11. The third-order valence-corrected chi connectivity index (χ3v) is 6.09. The van der Waals surface area contributed by atoms with Crippen molar-refractivity contribution in [2.45, 2.75) is 46.1 Å². The third-order valence-electron chi connectivity index (χ3n) is 6.09. The molecule has 4 aromatic rings. The Bertz CT molecular complexity index is 1360. The maximum absolute atomic E-state index is 12.9. The molecule has 2 aromatic heterocycles. The Morgan fingerprint density at radius 3 is 2.51 bits per heavy atom. The van der Waals surface area contributed by atoms with Crippen LogP contribution >= 0.6 is 0 Å². The molecule has 2 N–H and O–H groups in total. The van der Waals surface area contributed by atoms with Crippen molar-refractivity contribution in [2.75, 3.05) is 13.2 Å². The average molecular weight is 503 g/mol. The molecule has 0 fully saturated rings. The first-order valence-electron chi connectivity index (χ1n) is 12.3. The lowest BCUT2D eigenvalue weighted by Crippen LogP contribution is -2.17. The molecule has 2 aromatic carbocycles. The molecule has 10 nitrogen and oxygen atoms in total. The zero-order valence-electron chi connectivity index (χ0n) is 21.1. The van der Waals surface area contributed by atoms with Crippen molar-refractivity contribution < 1.29 is 19.4 Å². The summed E-state index contributed by atoms with van der Waals surface area (Å²) in [5, 5.41) is 23.0. The van der Waals surface area contributed by atoms with Gasteiger partial charge in [-0.15, -0.1) is 5.10 Å². The average Bonchev–Trinajstić information content (AvgIpc) is 3.58. The van der Waals surface area contributed by atoms with Gasteiger partial charge in [-0.05, 0) is 40.5 Å². The lowest BCUT2D eigenvalue weighted by atomic mass is 9.96. The van der Waals surface area contributed by atoms with Crippen LogP contribution < -0.4 is 0 Å². The summed E-state index contributed by atoms with van der Waals surface area (Å²) in [7, 11) is 0. The van der Waals surface area contributed by atoms with E-state index in [2.05, 4.69) is 27.5 Å². The van der Waals surface area contributed by atoms with E-state index in [1.54, 1.807) is 19.1 Å². The van der Waals surface area contributed by atoms with Gasteiger partial charge in [0.1, 0.15) is 5.82 Å². The summed E-state index contributed by atoms with van der Waals surface area (Å²) in [4.78, 5) is 30.6. The zero-order valence-corrected chi connectivity index (χ0v) is 21.1. The minimum Gasteiger partial charge on any atom is -0.461 e. The van der Waals surface area contributed by atoms with Gasteiger partial charge in [-0.3, -0.25) is 4.79 Å². The number of hydrogen-bond acceptors (Lipinski definition) is 8. The number of nitrogens with zero attached hydrogens (tertiary/aromatic N) is 5. The van der Waals surface area contributed by atoms with E-state index in [9.17, 15) is 14.7 Å². The summed E-state index contributed by atoms with van der Waals surface area (Å²) in [5.74, 6) is -0.184. The molecule has 0 radical (unpaired) electrons. The maximum Gasteiger partial charge on any atom is 0.356 e. The number of carbonyl (C=O) groups is 2. The van der Waals surface area contributed by atoms with Crippen molar-refractivity contribution in [1.82, 2.24) is 30.2 Å². The van der Waals surface area contributed by atoms with Gasteiger partial charge in [0.05, 0.1) is 18.9 Å². The largest absolute Gasteiger partial charge is 0.461 e. The quantitative estimate of drug-likeness (QED) is 0.235. The van der Waals surface area contributed by atoms with Crippen molar-refractivity contribution in [2.24, 2.45) is 0 Å². The number of aryl methyl sites for hydroxylation is 1. The molecular weight excluding hydrogens is 472 g/mol. The topological polar surface area (TPSA) is 136 Å². The minimum absolute atomic E-state index is 0.0760. The van der Waals surface area contributed by atoms with Gasteiger partial charge in [0, 0.05) is 24.4 Å². The minimum atomic E-state index is -0.446. The second kappa shape index (κ2) is 11.7. The Kier molecular flexibility index (Phi) is 8.19.